The molecule has 1 atom stereocenters. The Morgan fingerprint density at radius 2 is 1.83 bits per heavy atom. The molecular formula is C24H36N2O3. The van der Waals surface area contributed by atoms with Gasteiger partial charge in [-0.15, -0.1) is 0 Å². The molecule has 0 unspecified atom stereocenters. The van der Waals surface area contributed by atoms with Gasteiger partial charge in [-0.25, -0.2) is 0 Å². The van der Waals surface area contributed by atoms with E-state index in [2.05, 4.69) is 5.32 Å². The van der Waals surface area contributed by atoms with Crippen molar-refractivity contribution in [2.75, 3.05) is 26.7 Å². The molecule has 1 saturated carbocycles. The van der Waals surface area contributed by atoms with Crippen molar-refractivity contribution in [3.63, 3.8) is 0 Å². The highest BCUT2D eigenvalue weighted by Gasteiger charge is 2.29. The third kappa shape index (κ3) is 6.76. The smallest absolute Gasteiger partial charge is 0.224 e. The number of amides is 2. The summed E-state index contributed by atoms with van der Waals surface area (Å²) in [6.07, 6.45) is 11.1. The van der Waals surface area contributed by atoms with Gasteiger partial charge in [0.05, 0.1) is 13.0 Å². The number of rotatable bonds is 8. The standard InChI is InChI=1S/C24H36N2O3/c1-29-22-11-8-20(9-12-22)15-17-26-18-21(10-13-23(26)27)24(28)25-16-14-19-6-4-2-3-5-7-19/h8-9,11-12,19,21H,2-7,10,13-18H2,1H3,(H,25,28)/t21-/m1/s1. The molecule has 1 aromatic carbocycles. The maximum Gasteiger partial charge on any atom is 0.224 e. The van der Waals surface area contributed by atoms with Gasteiger partial charge < -0.3 is 15.0 Å². The normalized spacial score (nSPS) is 20.9. The Morgan fingerprint density at radius 3 is 2.52 bits per heavy atom. The summed E-state index contributed by atoms with van der Waals surface area (Å²) in [5, 5.41) is 3.15. The summed E-state index contributed by atoms with van der Waals surface area (Å²) in [5.41, 5.74) is 1.17. The summed E-state index contributed by atoms with van der Waals surface area (Å²) in [7, 11) is 1.66. The lowest BCUT2D eigenvalue weighted by molar-refractivity contribution is -0.138. The van der Waals surface area contributed by atoms with Crippen LogP contribution in [0.2, 0.25) is 0 Å². The van der Waals surface area contributed by atoms with E-state index in [1.54, 1.807) is 7.11 Å². The van der Waals surface area contributed by atoms with Crippen LogP contribution in [0.25, 0.3) is 0 Å². The Bertz CT molecular complexity index is 651. The molecule has 29 heavy (non-hydrogen) atoms. The predicted molar refractivity (Wildman–Crippen MR) is 115 cm³/mol. The van der Waals surface area contributed by atoms with Crippen molar-refractivity contribution in [3.05, 3.63) is 29.8 Å². The van der Waals surface area contributed by atoms with Gasteiger partial charge in [0.1, 0.15) is 5.75 Å². The second kappa shape index (κ2) is 11.2. The lowest BCUT2D eigenvalue weighted by atomic mass is 9.95. The molecule has 1 saturated heterocycles. The van der Waals surface area contributed by atoms with E-state index >= 15 is 0 Å². The van der Waals surface area contributed by atoms with Gasteiger partial charge >= 0.3 is 0 Å². The minimum atomic E-state index is -0.0716. The van der Waals surface area contributed by atoms with E-state index in [1.807, 2.05) is 29.2 Å². The number of methoxy groups -OCH3 is 1. The van der Waals surface area contributed by atoms with Crippen LogP contribution < -0.4 is 10.1 Å². The summed E-state index contributed by atoms with van der Waals surface area (Å²) >= 11 is 0. The quantitative estimate of drug-likeness (QED) is 0.672. The van der Waals surface area contributed by atoms with Crippen molar-refractivity contribution in [2.24, 2.45) is 11.8 Å². The molecule has 2 fully saturated rings. The van der Waals surface area contributed by atoms with Gasteiger partial charge in [0, 0.05) is 26.1 Å². The Kier molecular flexibility index (Phi) is 8.38. The molecule has 1 N–H and O–H groups in total. The Labute approximate surface area is 175 Å². The molecule has 3 rings (SSSR count). The van der Waals surface area contributed by atoms with Gasteiger partial charge in [-0.2, -0.15) is 0 Å². The lowest BCUT2D eigenvalue weighted by Gasteiger charge is -2.32. The van der Waals surface area contributed by atoms with Crippen LogP contribution in [0.5, 0.6) is 5.75 Å². The predicted octanol–water partition coefficient (Wildman–Crippen LogP) is 3.95. The molecule has 0 aromatic heterocycles. The summed E-state index contributed by atoms with van der Waals surface area (Å²) in [6, 6.07) is 7.95. The van der Waals surface area contributed by atoms with Crippen molar-refractivity contribution >= 4 is 11.8 Å². The zero-order valence-corrected chi connectivity index (χ0v) is 17.8. The molecule has 1 aliphatic heterocycles. The fourth-order valence-electron chi connectivity index (χ4n) is 4.60. The number of nitrogens with zero attached hydrogens (tertiary/aromatic N) is 1. The van der Waals surface area contributed by atoms with E-state index in [1.165, 1.54) is 44.1 Å². The average molecular weight is 401 g/mol. The number of carbonyl (C=O) groups is 2. The third-order valence-corrected chi connectivity index (χ3v) is 6.53. The maximum absolute atomic E-state index is 12.6. The minimum absolute atomic E-state index is 0.0716. The van der Waals surface area contributed by atoms with E-state index in [-0.39, 0.29) is 17.7 Å². The van der Waals surface area contributed by atoms with Gasteiger partial charge in [-0.1, -0.05) is 50.7 Å². The fraction of sp³-hybridized carbons (Fsp3) is 0.667. The van der Waals surface area contributed by atoms with Gasteiger partial charge in [0.25, 0.3) is 0 Å². The van der Waals surface area contributed by atoms with Crippen LogP contribution in [0.4, 0.5) is 0 Å². The van der Waals surface area contributed by atoms with Gasteiger partial charge in [-0.3, -0.25) is 9.59 Å². The topological polar surface area (TPSA) is 58.6 Å². The molecule has 0 spiro atoms. The zero-order valence-electron chi connectivity index (χ0n) is 17.8. The first-order chi connectivity index (χ1) is 14.2. The number of likely N-dealkylation sites (tertiary alicyclic amines) is 1. The summed E-state index contributed by atoms with van der Waals surface area (Å²) < 4.78 is 5.19. The van der Waals surface area contributed by atoms with E-state index in [0.29, 0.717) is 25.9 Å². The van der Waals surface area contributed by atoms with Crippen molar-refractivity contribution in [1.82, 2.24) is 10.2 Å². The van der Waals surface area contributed by atoms with Crippen LogP contribution in [0.1, 0.15) is 63.4 Å². The molecule has 0 radical (unpaired) electrons. The van der Waals surface area contributed by atoms with Crippen LogP contribution in [0, 0.1) is 11.8 Å². The number of hydrogen-bond acceptors (Lipinski definition) is 3. The minimum Gasteiger partial charge on any atom is -0.497 e. The number of carbonyl (C=O) groups excluding carboxylic acids is 2. The third-order valence-electron chi connectivity index (χ3n) is 6.53. The number of ether oxygens (including phenoxy) is 1. The summed E-state index contributed by atoms with van der Waals surface area (Å²) in [4.78, 5) is 26.8. The maximum atomic E-state index is 12.6. The summed E-state index contributed by atoms with van der Waals surface area (Å²) in [6.45, 7) is 1.99. The van der Waals surface area contributed by atoms with Crippen LogP contribution in [-0.4, -0.2) is 43.5 Å². The molecule has 5 heteroatoms. The van der Waals surface area contributed by atoms with Gasteiger partial charge in [-0.05, 0) is 42.9 Å². The fourth-order valence-corrected chi connectivity index (χ4v) is 4.60. The highest BCUT2D eigenvalue weighted by Crippen LogP contribution is 2.25. The second-order valence-electron chi connectivity index (χ2n) is 8.61. The second-order valence-corrected chi connectivity index (χ2v) is 8.61. The number of piperidine rings is 1. The van der Waals surface area contributed by atoms with Crippen molar-refractivity contribution in [2.45, 2.75) is 64.2 Å². The van der Waals surface area contributed by atoms with Gasteiger partial charge in [0.15, 0.2) is 0 Å². The number of benzene rings is 1. The molecule has 0 bridgehead atoms. The largest absolute Gasteiger partial charge is 0.497 e. The Morgan fingerprint density at radius 1 is 1.10 bits per heavy atom. The number of hydrogen-bond donors (Lipinski definition) is 1. The molecular weight excluding hydrogens is 364 g/mol. The van der Waals surface area contributed by atoms with Crippen molar-refractivity contribution in [1.29, 1.82) is 0 Å². The van der Waals surface area contributed by atoms with E-state index in [0.717, 1.165) is 31.1 Å². The lowest BCUT2D eigenvalue weighted by Crippen LogP contribution is -2.46. The van der Waals surface area contributed by atoms with E-state index in [4.69, 9.17) is 4.74 Å². The number of nitrogens with one attached hydrogen (secondary N) is 1. The summed E-state index contributed by atoms with van der Waals surface area (Å²) in [5.74, 6) is 1.83. The highest BCUT2D eigenvalue weighted by molar-refractivity contribution is 5.83. The van der Waals surface area contributed by atoms with Crippen molar-refractivity contribution < 1.29 is 14.3 Å². The average Bonchev–Trinajstić information content (AvgIpc) is 3.02. The highest BCUT2D eigenvalue weighted by atomic mass is 16.5. The monoisotopic (exact) mass is 400 g/mol. The molecule has 1 aromatic rings. The Balaban J connectivity index is 1.41. The van der Waals surface area contributed by atoms with Gasteiger partial charge in [0.2, 0.25) is 11.8 Å². The van der Waals surface area contributed by atoms with Crippen LogP contribution in [0.15, 0.2) is 24.3 Å². The molecule has 1 aliphatic carbocycles. The SMILES string of the molecule is COc1ccc(CCN2C[C@H](C(=O)NCCC3CCCCCC3)CCC2=O)cc1. The van der Waals surface area contributed by atoms with Crippen LogP contribution in [0.3, 0.4) is 0 Å². The zero-order chi connectivity index (χ0) is 20.5. The first-order valence-corrected chi connectivity index (χ1v) is 11.3. The molecule has 1 heterocycles. The van der Waals surface area contributed by atoms with Crippen LogP contribution in [-0.2, 0) is 16.0 Å². The van der Waals surface area contributed by atoms with Crippen LogP contribution >= 0.6 is 0 Å². The molecule has 5 nitrogen and oxygen atoms in total. The molecule has 160 valence electrons. The van der Waals surface area contributed by atoms with Crippen molar-refractivity contribution in [3.8, 4) is 5.75 Å². The van der Waals surface area contributed by atoms with E-state index in [9.17, 15) is 9.59 Å². The van der Waals surface area contributed by atoms with E-state index < -0.39 is 0 Å². The molecule has 2 amide bonds. The molecule has 2 aliphatic rings. The first-order valence-electron chi connectivity index (χ1n) is 11.3. The Hall–Kier alpha value is -2.04. The first kappa shape index (κ1) is 21.7.